The van der Waals surface area contributed by atoms with Gasteiger partial charge in [0.2, 0.25) is 0 Å². The molecule has 0 unspecified atom stereocenters. The van der Waals surface area contributed by atoms with Gasteiger partial charge in [-0.1, -0.05) is 24.2 Å². The summed E-state index contributed by atoms with van der Waals surface area (Å²) in [5.41, 5.74) is 1.67. The van der Waals surface area contributed by atoms with Crippen LogP contribution in [0.5, 0.6) is 0 Å². The largest absolute Gasteiger partial charge is 0.342 e. The van der Waals surface area contributed by atoms with Crippen LogP contribution < -0.4 is 0 Å². The van der Waals surface area contributed by atoms with Gasteiger partial charge in [-0.05, 0) is 23.6 Å². The van der Waals surface area contributed by atoms with E-state index in [4.69, 9.17) is 16.9 Å². The molecule has 2 aromatic rings. The Morgan fingerprint density at radius 3 is 2.93 bits per heavy atom. The third-order valence-electron chi connectivity index (χ3n) is 2.24. The summed E-state index contributed by atoms with van der Waals surface area (Å²) >= 11 is 5.76. The highest BCUT2D eigenvalue weighted by Gasteiger charge is 2.02. The molecule has 1 aromatic carbocycles. The molecule has 0 radical (unpaired) electrons. The van der Waals surface area contributed by atoms with Crippen LogP contribution in [-0.4, -0.2) is 4.57 Å². The smallest absolute Gasteiger partial charge is 0.0992 e. The van der Waals surface area contributed by atoms with Crippen molar-refractivity contribution in [2.75, 3.05) is 0 Å². The van der Waals surface area contributed by atoms with Crippen LogP contribution in [0.4, 0.5) is 0 Å². The van der Waals surface area contributed by atoms with E-state index in [0.29, 0.717) is 17.1 Å². The number of nitriles is 1. The second-order valence-corrected chi connectivity index (χ2v) is 3.88. The van der Waals surface area contributed by atoms with E-state index in [0.717, 1.165) is 10.9 Å². The molecule has 15 heavy (non-hydrogen) atoms. The fourth-order valence-electron chi connectivity index (χ4n) is 1.58. The van der Waals surface area contributed by atoms with Crippen LogP contribution >= 0.6 is 11.6 Å². The van der Waals surface area contributed by atoms with E-state index in [1.165, 1.54) is 0 Å². The summed E-state index contributed by atoms with van der Waals surface area (Å²) in [6, 6.07) is 9.71. The first-order valence-electron chi connectivity index (χ1n) is 4.53. The van der Waals surface area contributed by atoms with Crippen molar-refractivity contribution < 1.29 is 0 Å². The first-order valence-corrected chi connectivity index (χ1v) is 4.91. The lowest BCUT2D eigenvalue weighted by Crippen LogP contribution is -1.94. The van der Waals surface area contributed by atoms with E-state index in [1.807, 2.05) is 35.0 Å². The van der Waals surface area contributed by atoms with Crippen molar-refractivity contribution in [1.82, 2.24) is 4.57 Å². The molecule has 0 bridgehead atoms. The Morgan fingerprint density at radius 1 is 1.47 bits per heavy atom. The zero-order valence-electron chi connectivity index (χ0n) is 8.07. The van der Waals surface area contributed by atoms with Crippen LogP contribution in [0.25, 0.3) is 10.9 Å². The number of aromatic nitrogens is 1. The SMILES string of the molecule is C=C(Cl)Cn1ccc2ccc(C#N)cc21. The molecule has 0 aliphatic heterocycles. The van der Waals surface area contributed by atoms with Crippen LogP contribution in [0, 0.1) is 11.3 Å². The zero-order chi connectivity index (χ0) is 10.8. The standard InChI is InChI=1S/C12H9ClN2/c1-9(13)8-15-5-4-11-3-2-10(7-14)6-12(11)15/h2-6H,1,8H2. The summed E-state index contributed by atoms with van der Waals surface area (Å²) in [6.07, 6.45) is 1.94. The molecule has 0 N–H and O–H groups in total. The fourth-order valence-corrected chi connectivity index (χ4v) is 1.70. The zero-order valence-corrected chi connectivity index (χ0v) is 8.83. The van der Waals surface area contributed by atoms with E-state index in [9.17, 15) is 0 Å². The minimum Gasteiger partial charge on any atom is -0.342 e. The highest BCUT2D eigenvalue weighted by Crippen LogP contribution is 2.18. The summed E-state index contributed by atoms with van der Waals surface area (Å²) in [6.45, 7) is 4.23. The van der Waals surface area contributed by atoms with Crippen LogP contribution in [0.1, 0.15) is 5.56 Å². The van der Waals surface area contributed by atoms with Crippen molar-refractivity contribution in [3.8, 4) is 6.07 Å². The molecule has 0 spiro atoms. The van der Waals surface area contributed by atoms with E-state index in [1.54, 1.807) is 0 Å². The predicted molar refractivity (Wildman–Crippen MR) is 61.6 cm³/mol. The number of hydrogen-bond acceptors (Lipinski definition) is 1. The Morgan fingerprint density at radius 2 is 2.27 bits per heavy atom. The van der Waals surface area contributed by atoms with Crippen LogP contribution in [-0.2, 0) is 6.54 Å². The first-order chi connectivity index (χ1) is 7.20. The van der Waals surface area contributed by atoms with Crippen molar-refractivity contribution >= 4 is 22.5 Å². The average Bonchev–Trinajstić information content (AvgIpc) is 2.60. The maximum Gasteiger partial charge on any atom is 0.0992 e. The summed E-state index contributed by atoms with van der Waals surface area (Å²) in [4.78, 5) is 0. The van der Waals surface area contributed by atoms with Gasteiger partial charge in [-0.25, -0.2) is 0 Å². The molecule has 2 nitrogen and oxygen atoms in total. The van der Waals surface area contributed by atoms with Gasteiger partial charge in [-0.15, -0.1) is 0 Å². The molecular formula is C12H9ClN2. The predicted octanol–water partition coefficient (Wildman–Crippen LogP) is 3.27. The van der Waals surface area contributed by atoms with Crippen molar-refractivity contribution in [2.24, 2.45) is 0 Å². The Kier molecular flexibility index (Phi) is 2.49. The number of fused-ring (bicyclic) bond motifs is 1. The molecule has 0 fully saturated rings. The van der Waals surface area contributed by atoms with Gasteiger partial charge in [-0.3, -0.25) is 0 Å². The highest BCUT2D eigenvalue weighted by molar-refractivity contribution is 6.29. The van der Waals surface area contributed by atoms with Crippen LogP contribution in [0.3, 0.4) is 0 Å². The minimum atomic E-state index is 0.569. The average molecular weight is 217 g/mol. The normalized spacial score (nSPS) is 10.1. The number of benzene rings is 1. The number of halogens is 1. The Balaban J connectivity index is 2.57. The third-order valence-corrected chi connectivity index (χ3v) is 2.36. The summed E-state index contributed by atoms with van der Waals surface area (Å²) in [7, 11) is 0. The molecule has 0 amide bonds. The number of hydrogen-bond donors (Lipinski definition) is 0. The summed E-state index contributed by atoms with van der Waals surface area (Å²) in [5.74, 6) is 0. The Hall–Kier alpha value is -1.72. The van der Waals surface area contributed by atoms with E-state index in [-0.39, 0.29) is 0 Å². The number of allylic oxidation sites excluding steroid dienone is 1. The molecular weight excluding hydrogens is 208 g/mol. The Labute approximate surface area is 93.0 Å². The molecule has 3 heteroatoms. The molecule has 1 heterocycles. The van der Waals surface area contributed by atoms with Gasteiger partial charge >= 0.3 is 0 Å². The maximum atomic E-state index is 8.80. The second kappa shape index (κ2) is 3.80. The van der Waals surface area contributed by atoms with Gasteiger partial charge in [0, 0.05) is 16.7 Å². The van der Waals surface area contributed by atoms with E-state index < -0.39 is 0 Å². The molecule has 0 saturated heterocycles. The Bertz CT molecular complexity index is 560. The minimum absolute atomic E-state index is 0.569. The summed E-state index contributed by atoms with van der Waals surface area (Å²) in [5, 5.41) is 10.5. The molecule has 1 aromatic heterocycles. The molecule has 0 aliphatic rings. The summed E-state index contributed by atoms with van der Waals surface area (Å²) < 4.78 is 1.98. The van der Waals surface area contributed by atoms with Gasteiger partial charge in [0.1, 0.15) is 0 Å². The van der Waals surface area contributed by atoms with Crippen molar-refractivity contribution in [2.45, 2.75) is 6.54 Å². The number of rotatable bonds is 2. The second-order valence-electron chi connectivity index (χ2n) is 3.35. The van der Waals surface area contributed by atoms with Crippen LogP contribution in [0.2, 0.25) is 0 Å². The molecule has 74 valence electrons. The quantitative estimate of drug-likeness (QED) is 0.758. The third kappa shape index (κ3) is 1.88. The lowest BCUT2D eigenvalue weighted by molar-refractivity contribution is 0.853. The van der Waals surface area contributed by atoms with Gasteiger partial charge in [0.25, 0.3) is 0 Å². The maximum absolute atomic E-state index is 8.80. The molecule has 2 rings (SSSR count). The van der Waals surface area contributed by atoms with Gasteiger partial charge in [-0.2, -0.15) is 5.26 Å². The lowest BCUT2D eigenvalue weighted by Gasteiger charge is -2.03. The van der Waals surface area contributed by atoms with Gasteiger partial charge < -0.3 is 4.57 Å². The molecule has 0 saturated carbocycles. The first kappa shape index (κ1) is 9.82. The van der Waals surface area contributed by atoms with Crippen LogP contribution in [0.15, 0.2) is 42.1 Å². The monoisotopic (exact) mass is 216 g/mol. The van der Waals surface area contributed by atoms with E-state index >= 15 is 0 Å². The van der Waals surface area contributed by atoms with Gasteiger partial charge in [0.15, 0.2) is 0 Å². The van der Waals surface area contributed by atoms with Gasteiger partial charge in [0.05, 0.1) is 18.2 Å². The fraction of sp³-hybridized carbons (Fsp3) is 0.0833. The molecule has 0 atom stereocenters. The van der Waals surface area contributed by atoms with Crippen molar-refractivity contribution in [1.29, 1.82) is 5.26 Å². The number of nitrogens with zero attached hydrogens (tertiary/aromatic N) is 2. The highest BCUT2D eigenvalue weighted by atomic mass is 35.5. The topological polar surface area (TPSA) is 28.7 Å². The van der Waals surface area contributed by atoms with E-state index in [2.05, 4.69) is 12.6 Å². The molecule has 0 aliphatic carbocycles. The lowest BCUT2D eigenvalue weighted by atomic mass is 10.2. The van der Waals surface area contributed by atoms with Crippen molar-refractivity contribution in [3.05, 3.63) is 47.6 Å². The van der Waals surface area contributed by atoms with Crippen molar-refractivity contribution in [3.63, 3.8) is 0 Å².